The zero-order chi connectivity index (χ0) is 25.4. The van der Waals surface area contributed by atoms with Crippen LogP contribution in [-0.2, 0) is 26.8 Å². The lowest BCUT2D eigenvalue weighted by Gasteiger charge is -2.26. The Hall–Kier alpha value is -3.23. The van der Waals surface area contributed by atoms with E-state index in [1.54, 1.807) is 4.68 Å². The Morgan fingerprint density at radius 1 is 1.06 bits per heavy atom. The first-order valence-corrected chi connectivity index (χ1v) is 12.6. The number of hydrogen-bond donors (Lipinski definition) is 0. The van der Waals surface area contributed by atoms with E-state index in [2.05, 4.69) is 30.8 Å². The second-order valence-electron chi connectivity index (χ2n) is 10.6. The van der Waals surface area contributed by atoms with E-state index in [-0.39, 0.29) is 23.7 Å². The molecule has 0 aliphatic carbocycles. The number of imide groups is 1. The van der Waals surface area contributed by atoms with Gasteiger partial charge in [-0.15, -0.1) is 0 Å². The minimum absolute atomic E-state index is 0.133. The molecule has 0 spiro atoms. The van der Waals surface area contributed by atoms with Crippen LogP contribution in [0.3, 0.4) is 0 Å². The minimum Gasteiger partial charge on any atom is -0.492 e. The molecule has 190 valence electrons. The van der Waals surface area contributed by atoms with Gasteiger partial charge in [0, 0.05) is 49.3 Å². The Bertz CT molecular complexity index is 1290. The summed E-state index contributed by atoms with van der Waals surface area (Å²) in [6, 6.07) is 13.4. The van der Waals surface area contributed by atoms with Crippen molar-refractivity contribution in [1.82, 2.24) is 14.7 Å². The van der Waals surface area contributed by atoms with E-state index in [1.165, 1.54) is 4.90 Å². The molecule has 1 aromatic heterocycles. The number of rotatable bonds is 6. The summed E-state index contributed by atoms with van der Waals surface area (Å²) in [5.41, 5.74) is 2.13. The Balaban J connectivity index is 1.40. The summed E-state index contributed by atoms with van der Waals surface area (Å²) in [6.45, 7) is 11.0. The fourth-order valence-electron chi connectivity index (χ4n) is 4.98. The summed E-state index contributed by atoms with van der Waals surface area (Å²) in [6.07, 6.45) is 0.133. The van der Waals surface area contributed by atoms with Crippen molar-refractivity contribution in [1.29, 1.82) is 0 Å². The monoisotopic (exact) mass is 490 g/mol. The maximum absolute atomic E-state index is 13.6. The van der Waals surface area contributed by atoms with Crippen LogP contribution in [0.2, 0.25) is 0 Å². The molecule has 0 saturated carbocycles. The molecule has 0 N–H and O–H groups in total. The second-order valence-corrected chi connectivity index (χ2v) is 10.6. The molecule has 2 fully saturated rings. The molecule has 2 aliphatic rings. The molecule has 2 aliphatic heterocycles. The quantitative estimate of drug-likeness (QED) is 0.491. The Morgan fingerprint density at radius 3 is 2.47 bits per heavy atom. The van der Waals surface area contributed by atoms with Gasteiger partial charge in [-0.1, -0.05) is 45.0 Å². The van der Waals surface area contributed by atoms with Crippen molar-refractivity contribution in [3.8, 4) is 5.75 Å². The summed E-state index contributed by atoms with van der Waals surface area (Å²) in [5.74, 6) is -0.210. The van der Waals surface area contributed by atoms with Crippen LogP contribution in [0.5, 0.6) is 5.75 Å². The van der Waals surface area contributed by atoms with Crippen molar-refractivity contribution >= 4 is 28.3 Å². The lowest BCUT2D eigenvalue weighted by atomic mass is 9.91. The Morgan fingerprint density at radius 2 is 1.78 bits per heavy atom. The molecule has 3 aromatic rings. The van der Waals surface area contributed by atoms with Crippen LogP contribution in [-0.4, -0.2) is 65.9 Å². The van der Waals surface area contributed by atoms with E-state index in [1.807, 2.05) is 49.5 Å². The predicted molar refractivity (Wildman–Crippen MR) is 138 cm³/mol. The SMILES string of the molecule is Cn1nc(C(C)(C)C)cc1C1CC(=O)N(c2ccc(OCCN3CCOCC3)c3ccccc23)C1=O. The van der Waals surface area contributed by atoms with E-state index < -0.39 is 5.92 Å². The van der Waals surface area contributed by atoms with Crippen molar-refractivity contribution in [2.24, 2.45) is 7.05 Å². The van der Waals surface area contributed by atoms with E-state index >= 15 is 0 Å². The highest BCUT2D eigenvalue weighted by Gasteiger charge is 2.43. The van der Waals surface area contributed by atoms with Crippen molar-refractivity contribution in [3.63, 3.8) is 0 Å². The van der Waals surface area contributed by atoms with Crippen molar-refractivity contribution in [2.75, 3.05) is 44.4 Å². The highest BCUT2D eigenvalue weighted by atomic mass is 16.5. The molecule has 36 heavy (non-hydrogen) atoms. The van der Waals surface area contributed by atoms with Gasteiger partial charge in [-0.3, -0.25) is 19.2 Å². The normalized spacial score (nSPS) is 19.4. The molecule has 5 rings (SSSR count). The van der Waals surface area contributed by atoms with Gasteiger partial charge in [-0.2, -0.15) is 5.10 Å². The molecule has 1 atom stereocenters. The number of carbonyl (C=O) groups excluding carboxylic acids is 2. The van der Waals surface area contributed by atoms with Crippen LogP contribution in [0, 0.1) is 0 Å². The molecule has 0 radical (unpaired) electrons. The number of fused-ring (bicyclic) bond motifs is 1. The van der Waals surface area contributed by atoms with Gasteiger partial charge in [0.05, 0.1) is 36.2 Å². The summed E-state index contributed by atoms with van der Waals surface area (Å²) in [4.78, 5) is 30.5. The highest BCUT2D eigenvalue weighted by Crippen LogP contribution is 2.40. The van der Waals surface area contributed by atoms with E-state index in [9.17, 15) is 9.59 Å². The largest absolute Gasteiger partial charge is 0.492 e. The average Bonchev–Trinajstić information content (AvgIpc) is 3.39. The number of amides is 2. The Labute approximate surface area is 211 Å². The number of morpholine rings is 1. The van der Waals surface area contributed by atoms with Crippen molar-refractivity contribution in [3.05, 3.63) is 53.9 Å². The third-order valence-corrected chi connectivity index (χ3v) is 7.06. The van der Waals surface area contributed by atoms with E-state index in [0.29, 0.717) is 12.3 Å². The van der Waals surface area contributed by atoms with Gasteiger partial charge in [0.15, 0.2) is 0 Å². The smallest absolute Gasteiger partial charge is 0.243 e. The highest BCUT2D eigenvalue weighted by molar-refractivity contribution is 6.25. The molecule has 8 heteroatoms. The van der Waals surface area contributed by atoms with Crippen LogP contribution in [0.4, 0.5) is 5.69 Å². The van der Waals surface area contributed by atoms with Crippen LogP contribution >= 0.6 is 0 Å². The molecule has 0 bridgehead atoms. The van der Waals surface area contributed by atoms with Crippen LogP contribution < -0.4 is 9.64 Å². The summed E-state index contributed by atoms with van der Waals surface area (Å²) in [5, 5.41) is 6.32. The molecule has 1 unspecified atom stereocenters. The molecular weight excluding hydrogens is 456 g/mol. The maximum atomic E-state index is 13.6. The Kier molecular flexibility index (Phi) is 6.57. The fourth-order valence-corrected chi connectivity index (χ4v) is 4.98. The number of carbonyl (C=O) groups is 2. The fraction of sp³-hybridized carbons (Fsp3) is 0.464. The van der Waals surface area contributed by atoms with Crippen molar-refractivity contribution < 1.29 is 19.1 Å². The van der Waals surface area contributed by atoms with E-state index in [4.69, 9.17) is 9.47 Å². The number of benzene rings is 2. The summed E-state index contributed by atoms with van der Waals surface area (Å²) >= 11 is 0. The minimum atomic E-state index is -0.547. The van der Waals surface area contributed by atoms with Gasteiger partial charge in [-0.25, -0.2) is 4.90 Å². The summed E-state index contributed by atoms with van der Waals surface area (Å²) < 4.78 is 13.3. The number of aromatic nitrogens is 2. The number of hydrogen-bond acceptors (Lipinski definition) is 6. The van der Waals surface area contributed by atoms with Crippen LogP contribution in [0.25, 0.3) is 10.8 Å². The number of nitrogens with zero attached hydrogens (tertiary/aromatic N) is 4. The first kappa shape index (κ1) is 24.5. The van der Waals surface area contributed by atoms with Gasteiger partial charge >= 0.3 is 0 Å². The molecular formula is C28H34N4O4. The first-order valence-electron chi connectivity index (χ1n) is 12.6. The van der Waals surface area contributed by atoms with Gasteiger partial charge in [-0.05, 0) is 18.2 Å². The van der Waals surface area contributed by atoms with Crippen LogP contribution in [0.15, 0.2) is 42.5 Å². The predicted octanol–water partition coefficient (Wildman–Crippen LogP) is 3.63. The maximum Gasteiger partial charge on any atom is 0.243 e. The molecule has 2 aromatic carbocycles. The molecule has 8 nitrogen and oxygen atoms in total. The third-order valence-electron chi connectivity index (χ3n) is 7.06. The zero-order valence-electron chi connectivity index (χ0n) is 21.5. The lowest BCUT2D eigenvalue weighted by molar-refractivity contribution is -0.121. The third kappa shape index (κ3) is 4.63. The number of aryl methyl sites for hydroxylation is 1. The van der Waals surface area contributed by atoms with Gasteiger partial charge in [0.1, 0.15) is 12.4 Å². The lowest BCUT2D eigenvalue weighted by Crippen LogP contribution is -2.38. The zero-order valence-corrected chi connectivity index (χ0v) is 21.5. The summed E-state index contributed by atoms with van der Waals surface area (Å²) in [7, 11) is 1.84. The van der Waals surface area contributed by atoms with Crippen molar-refractivity contribution in [2.45, 2.75) is 38.5 Å². The van der Waals surface area contributed by atoms with E-state index in [0.717, 1.165) is 60.8 Å². The topological polar surface area (TPSA) is 76.9 Å². The van der Waals surface area contributed by atoms with Gasteiger partial charge < -0.3 is 9.47 Å². The molecule has 2 saturated heterocycles. The molecule has 3 heterocycles. The van der Waals surface area contributed by atoms with Gasteiger partial charge in [0.25, 0.3) is 0 Å². The van der Waals surface area contributed by atoms with Crippen LogP contribution in [0.1, 0.15) is 44.5 Å². The van der Waals surface area contributed by atoms with Gasteiger partial charge in [0.2, 0.25) is 11.8 Å². The second kappa shape index (κ2) is 9.67. The number of anilines is 1. The number of ether oxygens (including phenoxy) is 2. The first-order chi connectivity index (χ1) is 17.2. The standard InChI is InChI=1S/C28H34N4O4/c1-28(2,3)25-18-23(30(4)29-25)21-17-26(33)32(27(21)34)22-9-10-24(20-8-6-5-7-19(20)22)36-16-13-31-11-14-35-15-12-31/h5-10,18,21H,11-17H2,1-4H3. The molecule has 2 amide bonds. The average molecular weight is 491 g/mol.